The van der Waals surface area contributed by atoms with Crippen molar-refractivity contribution in [2.75, 3.05) is 13.2 Å². The fraction of sp³-hybridized carbons (Fsp3) is 0.625. The van der Waals surface area contributed by atoms with Crippen molar-refractivity contribution >= 4 is 11.9 Å². The summed E-state index contributed by atoms with van der Waals surface area (Å²) in [7, 11) is 0. The van der Waals surface area contributed by atoms with E-state index in [-0.39, 0.29) is 13.2 Å². The molecule has 0 rings (SSSR count). The zero-order valence-electron chi connectivity index (χ0n) is 7.57. The van der Waals surface area contributed by atoms with Gasteiger partial charge in [0.1, 0.15) is 0 Å². The lowest BCUT2D eigenvalue weighted by Gasteiger charge is -2.03. The first-order chi connectivity index (χ1) is 6.17. The molecule has 0 saturated carbocycles. The molecule has 0 heterocycles. The van der Waals surface area contributed by atoms with Crippen molar-refractivity contribution in [2.45, 2.75) is 19.9 Å². The minimum Gasteiger partial charge on any atom is -0.460 e. The highest BCUT2D eigenvalue weighted by Crippen LogP contribution is 1.98. The van der Waals surface area contributed by atoms with Gasteiger partial charge in [0.05, 0.1) is 13.2 Å². The molecule has 0 spiro atoms. The molecule has 0 unspecified atom stereocenters. The molecule has 0 aromatic carbocycles. The molecule has 0 radical (unpaired) electrons. The number of ether oxygens (including phenoxy) is 2. The predicted molar refractivity (Wildman–Crippen MR) is 43.7 cm³/mol. The fourth-order valence-electron chi connectivity index (χ4n) is 0.644. The van der Waals surface area contributed by atoms with Crippen LogP contribution in [0.1, 0.15) is 13.8 Å². The summed E-state index contributed by atoms with van der Waals surface area (Å²) in [5, 5.41) is 0. The second-order valence-electron chi connectivity index (χ2n) is 2.04. The zero-order chi connectivity index (χ0) is 10.3. The molecular weight excluding hydrogens is 174 g/mol. The van der Waals surface area contributed by atoms with Crippen molar-refractivity contribution < 1.29 is 19.1 Å². The van der Waals surface area contributed by atoms with Gasteiger partial charge >= 0.3 is 18.0 Å². The highest BCUT2D eigenvalue weighted by atomic mass is 16.6. The van der Waals surface area contributed by atoms with Crippen molar-refractivity contribution in [3.8, 4) is 0 Å². The summed E-state index contributed by atoms with van der Waals surface area (Å²) in [5.41, 5.74) is 0. The fourth-order valence-corrected chi connectivity index (χ4v) is 0.644. The topological polar surface area (TPSA) is 57.0 Å². The number of carbonyl (C=O) groups is 2. The van der Waals surface area contributed by atoms with Gasteiger partial charge in [-0.25, -0.2) is 16.2 Å². The van der Waals surface area contributed by atoms with E-state index in [1.165, 1.54) is 0 Å². The SMILES string of the molecule is [C-]#[N+]C(C(=O)OCC)C(=O)OCC. The van der Waals surface area contributed by atoms with E-state index in [1.54, 1.807) is 13.8 Å². The third kappa shape index (κ3) is 3.56. The van der Waals surface area contributed by atoms with E-state index in [0.29, 0.717) is 0 Å². The maximum absolute atomic E-state index is 11.0. The Morgan fingerprint density at radius 3 is 1.85 bits per heavy atom. The Kier molecular flexibility index (Phi) is 5.28. The van der Waals surface area contributed by atoms with Crippen LogP contribution in [-0.2, 0) is 19.1 Å². The Morgan fingerprint density at radius 2 is 1.62 bits per heavy atom. The van der Waals surface area contributed by atoms with E-state index >= 15 is 0 Å². The number of esters is 2. The van der Waals surface area contributed by atoms with Gasteiger partial charge in [0.2, 0.25) is 0 Å². The number of hydrogen-bond acceptors (Lipinski definition) is 4. The molecule has 0 fully saturated rings. The van der Waals surface area contributed by atoms with Crippen LogP contribution in [0.2, 0.25) is 0 Å². The van der Waals surface area contributed by atoms with Crippen LogP contribution in [0, 0.1) is 6.57 Å². The first kappa shape index (κ1) is 11.4. The largest absolute Gasteiger partial charge is 0.460 e. The minimum atomic E-state index is -1.47. The molecule has 0 amide bonds. The standard InChI is InChI=1S/C8H11NO4/c1-4-12-7(10)6(9-3)8(11)13-5-2/h6H,4-5H2,1-2H3. The van der Waals surface area contributed by atoms with E-state index in [0.717, 1.165) is 0 Å². The molecule has 0 bridgehead atoms. The zero-order valence-corrected chi connectivity index (χ0v) is 7.57. The van der Waals surface area contributed by atoms with Crippen LogP contribution in [-0.4, -0.2) is 31.2 Å². The highest BCUT2D eigenvalue weighted by Gasteiger charge is 2.35. The van der Waals surface area contributed by atoms with Crippen molar-refractivity contribution in [3.05, 3.63) is 11.4 Å². The molecule has 5 heteroatoms. The van der Waals surface area contributed by atoms with Crippen molar-refractivity contribution in [1.82, 2.24) is 0 Å². The Balaban J connectivity index is 4.26. The van der Waals surface area contributed by atoms with Crippen LogP contribution in [0.5, 0.6) is 0 Å². The molecule has 0 aliphatic rings. The minimum absolute atomic E-state index is 0.143. The Labute approximate surface area is 76.4 Å². The summed E-state index contributed by atoms with van der Waals surface area (Å²) in [4.78, 5) is 24.7. The van der Waals surface area contributed by atoms with Gasteiger partial charge in [-0.15, -0.1) is 0 Å². The number of hydrogen-bond donors (Lipinski definition) is 0. The molecular formula is C8H11NO4. The smallest absolute Gasteiger partial charge is 0.412 e. The molecule has 5 nitrogen and oxygen atoms in total. The van der Waals surface area contributed by atoms with Gasteiger partial charge in [0.15, 0.2) is 0 Å². The molecule has 13 heavy (non-hydrogen) atoms. The summed E-state index contributed by atoms with van der Waals surface area (Å²) in [6, 6.07) is -1.47. The number of carbonyl (C=O) groups excluding carboxylic acids is 2. The van der Waals surface area contributed by atoms with Gasteiger partial charge in [-0.3, -0.25) is 4.85 Å². The van der Waals surface area contributed by atoms with E-state index in [4.69, 9.17) is 6.57 Å². The molecule has 0 N–H and O–H groups in total. The van der Waals surface area contributed by atoms with E-state index in [1.807, 2.05) is 0 Å². The van der Waals surface area contributed by atoms with Gasteiger partial charge in [0, 0.05) is 0 Å². The van der Waals surface area contributed by atoms with Crippen molar-refractivity contribution in [3.63, 3.8) is 0 Å². The molecule has 0 aliphatic heterocycles. The molecule has 0 aromatic rings. The average Bonchev–Trinajstić information content (AvgIpc) is 2.06. The monoisotopic (exact) mass is 185 g/mol. The summed E-state index contributed by atoms with van der Waals surface area (Å²) in [6.07, 6.45) is 0. The Bertz CT molecular complexity index is 213. The highest BCUT2D eigenvalue weighted by molar-refractivity contribution is 6.01. The van der Waals surface area contributed by atoms with E-state index in [9.17, 15) is 9.59 Å². The first-order valence-corrected chi connectivity index (χ1v) is 3.87. The molecule has 0 aliphatic carbocycles. The second-order valence-corrected chi connectivity index (χ2v) is 2.04. The van der Waals surface area contributed by atoms with Crippen LogP contribution in [0.25, 0.3) is 4.85 Å². The lowest BCUT2D eigenvalue weighted by atomic mass is 10.3. The normalized spacial score (nSPS) is 9.08. The third-order valence-electron chi connectivity index (χ3n) is 1.15. The number of rotatable bonds is 4. The summed E-state index contributed by atoms with van der Waals surface area (Å²) in [6.45, 7) is 10.1. The molecule has 0 aromatic heterocycles. The number of nitrogens with zero attached hydrogens (tertiary/aromatic N) is 1. The summed E-state index contributed by atoms with van der Waals surface area (Å²) < 4.78 is 9.02. The average molecular weight is 185 g/mol. The molecule has 0 saturated heterocycles. The Hall–Kier alpha value is -1.57. The summed E-state index contributed by atoms with van der Waals surface area (Å²) >= 11 is 0. The van der Waals surface area contributed by atoms with E-state index < -0.39 is 18.0 Å². The molecule has 72 valence electrons. The van der Waals surface area contributed by atoms with Crippen molar-refractivity contribution in [2.24, 2.45) is 0 Å². The maximum Gasteiger partial charge on any atom is 0.412 e. The third-order valence-corrected chi connectivity index (χ3v) is 1.15. The van der Waals surface area contributed by atoms with Crippen molar-refractivity contribution in [1.29, 1.82) is 0 Å². The van der Waals surface area contributed by atoms with Gasteiger partial charge in [-0.1, -0.05) is 0 Å². The van der Waals surface area contributed by atoms with E-state index in [2.05, 4.69) is 14.3 Å². The van der Waals surface area contributed by atoms with Gasteiger partial charge in [-0.05, 0) is 13.8 Å². The van der Waals surface area contributed by atoms with Crippen LogP contribution >= 0.6 is 0 Å². The Morgan fingerprint density at radius 1 is 1.23 bits per heavy atom. The first-order valence-electron chi connectivity index (χ1n) is 3.87. The van der Waals surface area contributed by atoms with Gasteiger partial charge in [0.25, 0.3) is 0 Å². The lowest BCUT2D eigenvalue weighted by Crippen LogP contribution is -2.30. The second kappa shape index (κ2) is 6.00. The summed E-state index contributed by atoms with van der Waals surface area (Å²) in [5.74, 6) is -1.70. The lowest BCUT2D eigenvalue weighted by molar-refractivity contribution is -0.154. The maximum atomic E-state index is 11.0. The van der Waals surface area contributed by atoms with Crippen LogP contribution < -0.4 is 0 Å². The quantitative estimate of drug-likeness (QED) is 0.361. The van der Waals surface area contributed by atoms with Crippen LogP contribution in [0.4, 0.5) is 0 Å². The van der Waals surface area contributed by atoms with Crippen LogP contribution in [0.3, 0.4) is 0 Å². The van der Waals surface area contributed by atoms with Gasteiger partial charge < -0.3 is 9.47 Å². The predicted octanol–water partition coefficient (Wildman–Crippen LogP) is 0.400. The van der Waals surface area contributed by atoms with Gasteiger partial charge in [-0.2, -0.15) is 0 Å². The van der Waals surface area contributed by atoms with Crippen LogP contribution in [0.15, 0.2) is 0 Å². The molecule has 0 atom stereocenters.